The fourth-order valence-corrected chi connectivity index (χ4v) is 4.49. The molecule has 0 spiro atoms. The molecule has 5 nitrogen and oxygen atoms in total. The van der Waals surface area contributed by atoms with Crippen LogP contribution in [0.15, 0.2) is 12.2 Å². The smallest absolute Gasteiger partial charge is 0.242 e. The topological polar surface area (TPSA) is 57.7 Å². The minimum Gasteiger partial charge on any atom is -0.338 e. The number of imide groups is 1. The normalized spacial score (nSPS) is 31.7. The number of hydrogen-bond donors (Lipinski definition) is 0. The van der Waals surface area contributed by atoms with Gasteiger partial charge < -0.3 is 4.90 Å². The Balaban J connectivity index is 1.70. The van der Waals surface area contributed by atoms with Crippen molar-refractivity contribution >= 4 is 17.7 Å². The number of nitrogens with zero attached hydrogens (tertiary/aromatic N) is 2. The molecule has 0 aromatic carbocycles. The van der Waals surface area contributed by atoms with Crippen LogP contribution in [0.5, 0.6) is 0 Å². The quantitative estimate of drug-likeness (QED) is 0.530. The summed E-state index contributed by atoms with van der Waals surface area (Å²) in [6, 6.07) is 0.134. The first kappa shape index (κ1) is 17.2. The summed E-state index contributed by atoms with van der Waals surface area (Å²) >= 11 is 0. The first-order valence-corrected chi connectivity index (χ1v) is 9.32. The number of hydrogen-bond acceptors (Lipinski definition) is 3. The van der Waals surface area contributed by atoms with E-state index in [1.807, 2.05) is 11.8 Å². The molecule has 1 saturated carbocycles. The molecule has 132 valence electrons. The number of unbranched alkanes of at least 4 members (excludes halogenated alkanes) is 1. The molecule has 5 atom stereocenters. The summed E-state index contributed by atoms with van der Waals surface area (Å²) in [5.41, 5.74) is 0. The highest BCUT2D eigenvalue weighted by Crippen LogP contribution is 2.52. The van der Waals surface area contributed by atoms with Gasteiger partial charge in [0.2, 0.25) is 17.7 Å². The number of fused-ring (bicyclic) bond motifs is 5. The van der Waals surface area contributed by atoms with Gasteiger partial charge in [0.05, 0.1) is 11.8 Å². The standard InChI is InChI=1S/C19H28N2O3/c1-4-6-9-20(12(3)5-2)15(22)11-21-18(23)16-13-7-8-14(10-13)17(16)19(21)24/h7-8,12-14,16-17H,4-6,9-11H2,1-3H3. The maximum Gasteiger partial charge on any atom is 0.242 e. The van der Waals surface area contributed by atoms with Crippen molar-refractivity contribution in [3.8, 4) is 0 Å². The zero-order valence-electron chi connectivity index (χ0n) is 14.9. The van der Waals surface area contributed by atoms with Crippen molar-refractivity contribution in [2.45, 2.75) is 52.5 Å². The van der Waals surface area contributed by atoms with Crippen LogP contribution in [-0.4, -0.2) is 46.7 Å². The Kier molecular flexibility index (Phi) is 4.79. The van der Waals surface area contributed by atoms with Gasteiger partial charge in [0, 0.05) is 12.6 Å². The zero-order valence-corrected chi connectivity index (χ0v) is 14.9. The zero-order chi connectivity index (χ0) is 17.4. The van der Waals surface area contributed by atoms with Gasteiger partial charge in [0.15, 0.2) is 0 Å². The molecule has 3 aliphatic rings. The Labute approximate surface area is 144 Å². The highest BCUT2D eigenvalue weighted by atomic mass is 16.2. The number of amides is 3. The second kappa shape index (κ2) is 6.69. The molecule has 1 aliphatic heterocycles. The molecule has 2 fully saturated rings. The average molecular weight is 332 g/mol. The Hall–Kier alpha value is -1.65. The van der Waals surface area contributed by atoms with Gasteiger partial charge in [-0.25, -0.2) is 0 Å². The molecule has 2 bridgehead atoms. The summed E-state index contributed by atoms with van der Waals surface area (Å²) in [6.07, 6.45) is 7.91. The summed E-state index contributed by atoms with van der Waals surface area (Å²) in [5, 5.41) is 0. The summed E-state index contributed by atoms with van der Waals surface area (Å²) < 4.78 is 0. The molecule has 1 heterocycles. The Morgan fingerprint density at radius 3 is 2.29 bits per heavy atom. The minimum absolute atomic E-state index is 0.0852. The van der Waals surface area contributed by atoms with Crippen LogP contribution in [0, 0.1) is 23.7 Å². The van der Waals surface area contributed by atoms with E-state index in [1.54, 1.807) is 0 Å². The van der Waals surface area contributed by atoms with E-state index in [-0.39, 0.29) is 54.0 Å². The fourth-order valence-electron chi connectivity index (χ4n) is 4.49. The summed E-state index contributed by atoms with van der Waals surface area (Å²) in [4.78, 5) is 41.2. The number of carbonyl (C=O) groups excluding carboxylic acids is 3. The third-order valence-corrected chi connectivity index (χ3v) is 6.05. The van der Waals surface area contributed by atoms with Crippen molar-refractivity contribution in [3.05, 3.63) is 12.2 Å². The van der Waals surface area contributed by atoms with Crippen LogP contribution in [0.1, 0.15) is 46.5 Å². The minimum atomic E-state index is -0.215. The predicted octanol–water partition coefficient (Wildman–Crippen LogP) is 2.22. The van der Waals surface area contributed by atoms with Crippen molar-refractivity contribution in [1.82, 2.24) is 9.80 Å². The van der Waals surface area contributed by atoms with E-state index in [2.05, 4.69) is 26.0 Å². The second-order valence-electron chi connectivity index (χ2n) is 7.46. The molecular formula is C19H28N2O3. The molecule has 0 radical (unpaired) electrons. The van der Waals surface area contributed by atoms with Crippen LogP contribution >= 0.6 is 0 Å². The summed E-state index contributed by atoms with van der Waals surface area (Å²) in [6.45, 7) is 6.78. The monoisotopic (exact) mass is 332 g/mol. The molecule has 3 amide bonds. The van der Waals surface area contributed by atoms with Crippen molar-refractivity contribution in [2.24, 2.45) is 23.7 Å². The van der Waals surface area contributed by atoms with Gasteiger partial charge in [0.1, 0.15) is 6.54 Å². The van der Waals surface area contributed by atoms with Gasteiger partial charge in [-0.2, -0.15) is 0 Å². The molecule has 5 heteroatoms. The largest absolute Gasteiger partial charge is 0.338 e. The maximum atomic E-state index is 12.8. The first-order valence-electron chi connectivity index (χ1n) is 9.32. The Bertz CT molecular complexity index is 541. The lowest BCUT2D eigenvalue weighted by molar-refractivity contribution is -0.148. The van der Waals surface area contributed by atoms with Crippen LogP contribution in [-0.2, 0) is 14.4 Å². The summed E-state index contributed by atoms with van der Waals surface area (Å²) in [5.74, 6) is -0.394. The van der Waals surface area contributed by atoms with Crippen LogP contribution in [0.2, 0.25) is 0 Å². The van der Waals surface area contributed by atoms with E-state index in [4.69, 9.17) is 0 Å². The van der Waals surface area contributed by atoms with Gasteiger partial charge in [-0.05, 0) is 38.0 Å². The SMILES string of the molecule is CCCCN(C(=O)CN1C(=O)C2C3C=CC(C3)C2C1=O)C(C)CC. The maximum absolute atomic E-state index is 12.8. The van der Waals surface area contributed by atoms with Gasteiger partial charge in [0.25, 0.3) is 0 Å². The van der Waals surface area contributed by atoms with Gasteiger partial charge >= 0.3 is 0 Å². The fraction of sp³-hybridized carbons (Fsp3) is 0.737. The second-order valence-corrected chi connectivity index (χ2v) is 7.46. The van der Waals surface area contributed by atoms with Crippen LogP contribution < -0.4 is 0 Å². The lowest BCUT2D eigenvalue weighted by Gasteiger charge is -2.30. The Morgan fingerprint density at radius 2 is 1.79 bits per heavy atom. The molecule has 1 saturated heterocycles. The van der Waals surface area contributed by atoms with E-state index in [9.17, 15) is 14.4 Å². The third kappa shape index (κ3) is 2.68. The van der Waals surface area contributed by atoms with E-state index >= 15 is 0 Å². The third-order valence-electron chi connectivity index (χ3n) is 6.05. The van der Waals surface area contributed by atoms with E-state index in [0.717, 1.165) is 25.7 Å². The van der Waals surface area contributed by atoms with Gasteiger partial charge in [-0.15, -0.1) is 0 Å². The van der Waals surface area contributed by atoms with Gasteiger partial charge in [-0.3, -0.25) is 19.3 Å². The highest BCUT2D eigenvalue weighted by Gasteiger charge is 2.59. The van der Waals surface area contributed by atoms with Crippen LogP contribution in [0.4, 0.5) is 0 Å². The number of likely N-dealkylation sites (tertiary alicyclic amines) is 1. The number of rotatable bonds is 7. The van der Waals surface area contributed by atoms with E-state index in [1.165, 1.54) is 4.90 Å². The van der Waals surface area contributed by atoms with Gasteiger partial charge in [-0.1, -0.05) is 32.4 Å². The Morgan fingerprint density at radius 1 is 1.21 bits per heavy atom. The van der Waals surface area contributed by atoms with Crippen LogP contribution in [0.25, 0.3) is 0 Å². The number of allylic oxidation sites excluding steroid dienone is 2. The molecule has 2 aliphatic carbocycles. The predicted molar refractivity (Wildman–Crippen MR) is 90.8 cm³/mol. The molecule has 0 aromatic heterocycles. The highest BCUT2D eigenvalue weighted by molar-refractivity contribution is 6.08. The molecule has 24 heavy (non-hydrogen) atoms. The number of carbonyl (C=O) groups is 3. The molecule has 0 aromatic rings. The van der Waals surface area contributed by atoms with Crippen LogP contribution in [0.3, 0.4) is 0 Å². The first-order chi connectivity index (χ1) is 11.5. The molecule has 0 N–H and O–H groups in total. The van der Waals surface area contributed by atoms with Crippen molar-refractivity contribution in [1.29, 1.82) is 0 Å². The average Bonchev–Trinajstić information content (AvgIpc) is 3.24. The van der Waals surface area contributed by atoms with E-state index in [0.29, 0.717) is 6.54 Å². The summed E-state index contributed by atoms with van der Waals surface area (Å²) in [7, 11) is 0. The van der Waals surface area contributed by atoms with Crippen molar-refractivity contribution in [3.63, 3.8) is 0 Å². The van der Waals surface area contributed by atoms with Crippen molar-refractivity contribution < 1.29 is 14.4 Å². The lowest BCUT2D eigenvalue weighted by Crippen LogP contribution is -2.47. The lowest BCUT2D eigenvalue weighted by atomic mass is 9.85. The molecule has 3 rings (SSSR count). The van der Waals surface area contributed by atoms with E-state index < -0.39 is 0 Å². The van der Waals surface area contributed by atoms with Crippen molar-refractivity contribution in [2.75, 3.05) is 13.1 Å². The molecule has 5 unspecified atom stereocenters. The molecular weight excluding hydrogens is 304 g/mol.